The lowest BCUT2D eigenvalue weighted by atomic mass is 9.87. The summed E-state index contributed by atoms with van der Waals surface area (Å²) in [6.45, 7) is 0.835. The second-order valence-electron chi connectivity index (χ2n) is 3.48. The van der Waals surface area contributed by atoms with E-state index in [1.807, 2.05) is 11.3 Å². The van der Waals surface area contributed by atoms with Crippen LogP contribution >= 0.6 is 11.3 Å². The molecule has 0 bridgehead atoms. The maximum atomic E-state index is 5.59. The molecule has 1 aromatic heterocycles. The summed E-state index contributed by atoms with van der Waals surface area (Å²) in [7, 11) is 0. The van der Waals surface area contributed by atoms with Crippen LogP contribution in [0.5, 0.6) is 0 Å². The van der Waals surface area contributed by atoms with Gasteiger partial charge < -0.3 is 5.73 Å². The van der Waals surface area contributed by atoms with Crippen molar-refractivity contribution in [3.63, 3.8) is 0 Å². The molecule has 1 atom stereocenters. The van der Waals surface area contributed by atoms with Gasteiger partial charge in [-0.1, -0.05) is 0 Å². The molecule has 0 amide bonds. The first-order chi connectivity index (χ1) is 5.92. The number of thiophene rings is 1. The van der Waals surface area contributed by atoms with Crippen molar-refractivity contribution >= 4 is 11.3 Å². The van der Waals surface area contributed by atoms with Crippen LogP contribution in [-0.4, -0.2) is 6.54 Å². The van der Waals surface area contributed by atoms with E-state index in [9.17, 15) is 0 Å². The van der Waals surface area contributed by atoms with Gasteiger partial charge in [0.25, 0.3) is 0 Å². The lowest BCUT2D eigenvalue weighted by Gasteiger charge is -2.21. The molecule has 0 aromatic carbocycles. The molecule has 1 aromatic rings. The molecule has 0 aliphatic heterocycles. The highest BCUT2D eigenvalue weighted by molar-refractivity contribution is 7.10. The standard InChI is InChI=1S/C10H15NS/c11-6-4-8-2-1-3-9-5-7-12-10(8)9/h5,7-8H,1-4,6,11H2. The van der Waals surface area contributed by atoms with E-state index in [-0.39, 0.29) is 0 Å². The van der Waals surface area contributed by atoms with Crippen molar-refractivity contribution in [3.8, 4) is 0 Å². The number of aryl methyl sites for hydroxylation is 1. The Hall–Kier alpha value is -0.340. The Bertz CT molecular complexity index is 254. The van der Waals surface area contributed by atoms with E-state index in [1.54, 1.807) is 10.4 Å². The van der Waals surface area contributed by atoms with Gasteiger partial charge in [-0.2, -0.15) is 0 Å². The molecular weight excluding hydrogens is 166 g/mol. The molecule has 2 N–H and O–H groups in total. The van der Waals surface area contributed by atoms with Gasteiger partial charge in [-0.25, -0.2) is 0 Å². The normalized spacial score (nSPS) is 22.2. The molecule has 0 radical (unpaired) electrons. The molecule has 1 aliphatic carbocycles. The van der Waals surface area contributed by atoms with Crippen LogP contribution in [0, 0.1) is 0 Å². The molecule has 0 spiro atoms. The topological polar surface area (TPSA) is 26.0 Å². The molecule has 1 heterocycles. The zero-order valence-corrected chi connectivity index (χ0v) is 8.07. The first-order valence-electron chi connectivity index (χ1n) is 4.68. The van der Waals surface area contributed by atoms with E-state index in [0.717, 1.165) is 12.5 Å². The SMILES string of the molecule is NCCC1CCCc2ccsc21. The van der Waals surface area contributed by atoms with Gasteiger partial charge in [0.1, 0.15) is 0 Å². The minimum atomic E-state index is 0.777. The molecule has 2 rings (SSSR count). The van der Waals surface area contributed by atoms with Gasteiger partial charge >= 0.3 is 0 Å². The van der Waals surface area contributed by atoms with Gasteiger partial charge in [-0.05, 0) is 55.2 Å². The Morgan fingerprint density at radius 1 is 1.58 bits per heavy atom. The molecule has 0 fully saturated rings. The van der Waals surface area contributed by atoms with Gasteiger partial charge in [0, 0.05) is 4.88 Å². The third kappa shape index (κ3) is 1.41. The summed E-state index contributed by atoms with van der Waals surface area (Å²) in [5.41, 5.74) is 7.18. The van der Waals surface area contributed by atoms with Crippen molar-refractivity contribution in [2.75, 3.05) is 6.54 Å². The van der Waals surface area contributed by atoms with Gasteiger partial charge in [-0.15, -0.1) is 11.3 Å². The Morgan fingerprint density at radius 2 is 2.50 bits per heavy atom. The van der Waals surface area contributed by atoms with Gasteiger partial charge in [-0.3, -0.25) is 0 Å². The van der Waals surface area contributed by atoms with Crippen LogP contribution in [0.15, 0.2) is 11.4 Å². The summed E-state index contributed by atoms with van der Waals surface area (Å²) in [6.07, 6.45) is 5.17. The molecule has 1 aliphatic rings. The summed E-state index contributed by atoms with van der Waals surface area (Å²) in [4.78, 5) is 1.62. The minimum absolute atomic E-state index is 0.777. The molecular formula is C10H15NS. The van der Waals surface area contributed by atoms with Crippen molar-refractivity contribution < 1.29 is 0 Å². The van der Waals surface area contributed by atoms with E-state index in [2.05, 4.69) is 11.4 Å². The fourth-order valence-electron chi connectivity index (χ4n) is 2.06. The van der Waals surface area contributed by atoms with Crippen LogP contribution in [-0.2, 0) is 6.42 Å². The van der Waals surface area contributed by atoms with E-state index in [4.69, 9.17) is 5.73 Å². The fraction of sp³-hybridized carbons (Fsp3) is 0.600. The summed E-state index contributed by atoms with van der Waals surface area (Å²) in [5.74, 6) is 0.777. The summed E-state index contributed by atoms with van der Waals surface area (Å²) >= 11 is 1.92. The maximum absolute atomic E-state index is 5.59. The highest BCUT2D eigenvalue weighted by Crippen LogP contribution is 2.36. The monoisotopic (exact) mass is 181 g/mol. The Balaban J connectivity index is 2.19. The number of nitrogens with two attached hydrogens (primary N) is 1. The van der Waals surface area contributed by atoms with E-state index < -0.39 is 0 Å². The molecule has 1 nitrogen and oxygen atoms in total. The van der Waals surface area contributed by atoms with Crippen molar-refractivity contribution in [2.24, 2.45) is 5.73 Å². The number of fused-ring (bicyclic) bond motifs is 1. The van der Waals surface area contributed by atoms with Crippen LogP contribution in [0.4, 0.5) is 0 Å². The van der Waals surface area contributed by atoms with Crippen LogP contribution in [0.3, 0.4) is 0 Å². The first kappa shape index (κ1) is 8.27. The van der Waals surface area contributed by atoms with Crippen LogP contribution in [0.25, 0.3) is 0 Å². The lowest BCUT2D eigenvalue weighted by molar-refractivity contribution is 0.536. The van der Waals surface area contributed by atoms with E-state index in [1.165, 1.54) is 25.7 Å². The smallest absolute Gasteiger partial charge is 0.0109 e. The predicted molar refractivity (Wildman–Crippen MR) is 53.7 cm³/mol. The number of hydrogen-bond acceptors (Lipinski definition) is 2. The average Bonchev–Trinajstić information content (AvgIpc) is 2.53. The molecule has 66 valence electrons. The summed E-state index contributed by atoms with van der Waals surface area (Å²) < 4.78 is 0. The molecule has 12 heavy (non-hydrogen) atoms. The zero-order valence-electron chi connectivity index (χ0n) is 7.25. The van der Waals surface area contributed by atoms with Crippen LogP contribution in [0.1, 0.15) is 35.6 Å². The minimum Gasteiger partial charge on any atom is -0.330 e. The molecule has 0 saturated heterocycles. The second kappa shape index (κ2) is 3.58. The average molecular weight is 181 g/mol. The third-order valence-corrected chi connectivity index (χ3v) is 3.79. The highest BCUT2D eigenvalue weighted by Gasteiger charge is 2.20. The quantitative estimate of drug-likeness (QED) is 0.745. The third-order valence-electron chi connectivity index (χ3n) is 2.67. The Labute approximate surface area is 77.6 Å². The summed E-state index contributed by atoms with van der Waals surface area (Å²) in [6, 6.07) is 2.28. The fourth-order valence-corrected chi connectivity index (χ4v) is 3.19. The second-order valence-corrected chi connectivity index (χ2v) is 4.42. The number of rotatable bonds is 2. The van der Waals surface area contributed by atoms with Crippen molar-refractivity contribution in [2.45, 2.75) is 31.6 Å². The molecule has 2 heteroatoms. The van der Waals surface area contributed by atoms with Gasteiger partial charge in [0.05, 0.1) is 0 Å². The van der Waals surface area contributed by atoms with E-state index in [0.29, 0.717) is 0 Å². The lowest BCUT2D eigenvalue weighted by Crippen LogP contribution is -2.11. The Morgan fingerprint density at radius 3 is 3.33 bits per heavy atom. The highest BCUT2D eigenvalue weighted by atomic mass is 32.1. The van der Waals surface area contributed by atoms with Crippen LogP contribution < -0.4 is 5.73 Å². The van der Waals surface area contributed by atoms with Crippen LogP contribution in [0.2, 0.25) is 0 Å². The maximum Gasteiger partial charge on any atom is 0.0109 e. The van der Waals surface area contributed by atoms with Gasteiger partial charge in [0.2, 0.25) is 0 Å². The Kier molecular flexibility index (Phi) is 2.47. The van der Waals surface area contributed by atoms with Crippen molar-refractivity contribution in [1.82, 2.24) is 0 Å². The zero-order chi connectivity index (χ0) is 8.39. The van der Waals surface area contributed by atoms with Gasteiger partial charge in [0.15, 0.2) is 0 Å². The molecule has 0 saturated carbocycles. The number of hydrogen-bond donors (Lipinski definition) is 1. The van der Waals surface area contributed by atoms with E-state index >= 15 is 0 Å². The van der Waals surface area contributed by atoms with Crippen molar-refractivity contribution in [3.05, 3.63) is 21.9 Å². The largest absolute Gasteiger partial charge is 0.330 e. The first-order valence-corrected chi connectivity index (χ1v) is 5.56. The predicted octanol–water partition coefficient (Wildman–Crippen LogP) is 2.52. The molecule has 1 unspecified atom stereocenters. The van der Waals surface area contributed by atoms with Crippen molar-refractivity contribution in [1.29, 1.82) is 0 Å². The summed E-state index contributed by atoms with van der Waals surface area (Å²) in [5, 5.41) is 2.22.